The molecule has 0 spiro atoms. The van der Waals surface area contributed by atoms with Gasteiger partial charge in [0.15, 0.2) is 0 Å². The number of hydrogen-bond donors (Lipinski definition) is 0. The molecule has 1 aromatic rings. The Morgan fingerprint density at radius 1 is 1.05 bits per heavy atom. The lowest BCUT2D eigenvalue weighted by Gasteiger charge is -2.36. The van der Waals surface area contributed by atoms with Gasteiger partial charge >= 0.3 is 0 Å². The number of allylic oxidation sites excluding steroid dienone is 6. The standard InChI is InChI=1S/C20H20/c1-13-17-9-5-3-7-15(17)12-20-14(2)18-10-6-4-8-16(18)11-19(13)20/h3,5,7,9,11,18H,1-2,4,6,8,10,12H2. The molecule has 100 valence electrons. The Bertz CT molecular complexity index is 682. The Morgan fingerprint density at radius 2 is 1.90 bits per heavy atom. The molecule has 0 aliphatic heterocycles. The minimum atomic E-state index is 0.612. The summed E-state index contributed by atoms with van der Waals surface area (Å²) in [6, 6.07) is 8.68. The van der Waals surface area contributed by atoms with Crippen molar-refractivity contribution in [1.29, 1.82) is 0 Å². The van der Waals surface area contributed by atoms with Gasteiger partial charge in [0.1, 0.15) is 0 Å². The second kappa shape index (κ2) is 4.34. The number of rotatable bonds is 0. The van der Waals surface area contributed by atoms with E-state index in [-0.39, 0.29) is 0 Å². The SMILES string of the molecule is C=C1C2=C(Cc3ccccc31)C(=C)C1CCCCC1=C2. The van der Waals surface area contributed by atoms with Crippen LogP contribution in [0, 0.1) is 5.92 Å². The smallest absolute Gasteiger partial charge is 0.00487 e. The van der Waals surface area contributed by atoms with E-state index < -0.39 is 0 Å². The van der Waals surface area contributed by atoms with Gasteiger partial charge in [-0.2, -0.15) is 0 Å². The fourth-order valence-electron chi connectivity index (χ4n) is 4.05. The number of benzene rings is 1. The Kier molecular flexibility index (Phi) is 2.60. The van der Waals surface area contributed by atoms with Crippen LogP contribution in [0.5, 0.6) is 0 Å². The van der Waals surface area contributed by atoms with Crippen LogP contribution in [0.3, 0.4) is 0 Å². The van der Waals surface area contributed by atoms with Crippen LogP contribution in [0.25, 0.3) is 5.57 Å². The van der Waals surface area contributed by atoms with Gasteiger partial charge in [0.2, 0.25) is 0 Å². The molecule has 0 nitrogen and oxygen atoms in total. The summed E-state index contributed by atoms with van der Waals surface area (Å²) < 4.78 is 0. The molecule has 0 saturated heterocycles. The zero-order valence-corrected chi connectivity index (χ0v) is 11.9. The first kappa shape index (κ1) is 12.0. The minimum absolute atomic E-state index is 0.612. The summed E-state index contributed by atoms with van der Waals surface area (Å²) >= 11 is 0. The lowest BCUT2D eigenvalue weighted by atomic mass is 9.68. The van der Waals surface area contributed by atoms with Crippen molar-refractivity contribution in [3.63, 3.8) is 0 Å². The van der Waals surface area contributed by atoms with Crippen molar-refractivity contribution in [1.82, 2.24) is 0 Å². The largest absolute Gasteiger partial charge is 0.0949 e. The van der Waals surface area contributed by atoms with Gasteiger partial charge in [-0.15, -0.1) is 0 Å². The molecule has 4 rings (SSSR count). The number of hydrogen-bond acceptors (Lipinski definition) is 0. The molecule has 1 unspecified atom stereocenters. The van der Waals surface area contributed by atoms with Crippen molar-refractivity contribution in [3.8, 4) is 0 Å². The first-order valence-corrected chi connectivity index (χ1v) is 7.66. The van der Waals surface area contributed by atoms with Crippen molar-refractivity contribution in [2.24, 2.45) is 5.92 Å². The second-order valence-corrected chi connectivity index (χ2v) is 6.25. The molecule has 20 heavy (non-hydrogen) atoms. The van der Waals surface area contributed by atoms with Crippen LogP contribution in [0.1, 0.15) is 36.8 Å². The van der Waals surface area contributed by atoms with E-state index in [0.29, 0.717) is 5.92 Å². The van der Waals surface area contributed by atoms with E-state index in [4.69, 9.17) is 0 Å². The van der Waals surface area contributed by atoms with Gasteiger partial charge < -0.3 is 0 Å². The van der Waals surface area contributed by atoms with Gasteiger partial charge in [-0.05, 0) is 59.1 Å². The lowest BCUT2D eigenvalue weighted by molar-refractivity contribution is 0.499. The third-order valence-corrected chi connectivity index (χ3v) is 5.15. The predicted octanol–water partition coefficient (Wildman–Crippen LogP) is 5.24. The molecule has 3 aliphatic carbocycles. The van der Waals surface area contributed by atoms with Gasteiger partial charge in [-0.25, -0.2) is 0 Å². The van der Waals surface area contributed by atoms with Crippen LogP contribution in [-0.4, -0.2) is 0 Å². The van der Waals surface area contributed by atoms with Crippen molar-refractivity contribution in [2.75, 3.05) is 0 Å². The first-order chi connectivity index (χ1) is 9.75. The molecule has 0 heteroatoms. The lowest BCUT2D eigenvalue weighted by Crippen LogP contribution is -2.21. The van der Waals surface area contributed by atoms with Crippen molar-refractivity contribution < 1.29 is 0 Å². The molecule has 0 heterocycles. The van der Waals surface area contributed by atoms with Crippen LogP contribution in [0.4, 0.5) is 0 Å². The maximum Gasteiger partial charge on any atom is 0.00487 e. The normalized spacial score (nSPS) is 24.8. The fraction of sp³-hybridized carbons (Fsp3) is 0.300. The summed E-state index contributed by atoms with van der Waals surface area (Å²) in [6.45, 7) is 8.82. The summed E-state index contributed by atoms with van der Waals surface area (Å²) in [5, 5.41) is 0. The van der Waals surface area contributed by atoms with Crippen LogP contribution < -0.4 is 0 Å². The zero-order chi connectivity index (χ0) is 13.7. The minimum Gasteiger partial charge on any atom is -0.0949 e. The third-order valence-electron chi connectivity index (χ3n) is 5.15. The molecule has 0 bridgehead atoms. The highest BCUT2D eigenvalue weighted by Gasteiger charge is 2.32. The van der Waals surface area contributed by atoms with E-state index in [2.05, 4.69) is 43.5 Å². The summed E-state index contributed by atoms with van der Waals surface area (Å²) in [5.41, 5.74) is 9.70. The average molecular weight is 260 g/mol. The summed E-state index contributed by atoms with van der Waals surface area (Å²) in [6.07, 6.45) is 8.68. The van der Waals surface area contributed by atoms with Crippen molar-refractivity contribution in [2.45, 2.75) is 32.1 Å². The molecule has 3 aliphatic rings. The van der Waals surface area contributed by atoms with E-state index >= 15 is 0 Å². The van der Waals surface area contributed by atoms with Crippen LogP contribution in [0.15, 0.2) is 65.8 Å². The Balaban J connectivity index is 1.85. The highest BCUT2D eigenvalue weighted by molar-refractivity contribution is 5.87. The highest BCUT2D eigenvalue weighted by Crippen LogP contribution is 2.47. The molecule has 0 radical (unpaired) electrons. The maximum absolute atomic E-state index is 4.45. The second-order valence-electron chi connectivity index (χ2n) is 6.25. The molecule has 0 amide bonds. The van der Waals surface area contributed by atoms with Gasteiger partial charge in [-0.3, -0.25) is 0 Å². The molecule has 0 aromatic heterocycles. The van der Waals surface area contributed by atoms with Gasteiger partial charge in [0.05, 0.1) is 0 Å². The molecule has 1 aromatic carbocycles. The molecule has 0 N–H and O–H groups in total. The van der Waals surface area contributed by atoms with E-state index in [9.17, 15) is 0 Å². The third kappa shape index (κ3) is 1.61. The quantitative estimate of drug-likeness (QED) is 0.598. The summed E-state index contributed by atoms with van der Waals surface area (Å²) in [4.78, 5) is 0. The summed E-state index contributed by atoms with van der Waals surface area (Å²) in [7, 11) is 0. The first-order valence-electron chi connectivity index (χ1n) is 7.66. The Labute approximate surface area is 121 Å². The van der Waals surface area contributed by atoms with Gasteiger partial charge in [0, 0.05) is 5.92 Å². The van der Waals surface area contributed by atoms with Crippen LogP contribution >= 0.6 is 0 Å². The van der Waals surface area contributed by atoms with Gasteiger partial charge in [0.25, 0.3) is 0 Å². The maximum atomic E-state index is 4.45. The highest BCUT2D eigenvalue weighted by atomic mass is 14.4. The molecule has 1 saturated carbocycles. The average Bonchev–Trinajstić information content (AvgIpc) is 2.49. The number of fused-ring (bicyclic) bond motifs is 2. The van der Waals surface area contributed by atoms with E-state index in [1.54, 1.807) is 5.57 Å². The molecular weight excluding hydrogens is 240 g/mol. The van der Waals surface area contributed by atoms with Crippen molar-refractivity contribution >= 4 is 5.57 Å². The van der Waals surface area contributed by atoms with E-state index in [1.165, 1.54) is 59.1 Å². The van der Waals surface area contributed by atoms with Crippen LogP contribution in [-0.2, 0) is 6.42 Å². The zero-order valence-electron chi connectivity index (χ0n) is 11.9. The molecule has 1 atom stereocenters. The van der Waals surface area contributed by atoms with Gasteiger partial charge in [-0.1, -0.05) is 55.5 Å². The van der Waals surface area contributed by atoms with Crippen LogP contribution in [0.2, 0.25) is 0 Å². The topological polar surface area (TPSA) is 0 Å². The predicted molar refractivity (Wildman–Crippen MR) is 85.4 cm³/mol. The molecule has 1 fully saturated rings. The summed E-state index contributed by atoms with van der Waals surface area (Å²) in [5.74, 6) is 0.612. The van der Waals surface area contributed by atoms with Crippen molar-refractivity contribution in [3.05, 3.63) is 76.9 Å². The van der Waals surface area contributed by atoms with E-state index in [0.717, 1.165) is 6.42 Å². The monoisotopic (exact) mass is 260 g/mol. The molecular formula is C20H20. The Morgan fingerprint density at radius 3 is 2.80 bits per heavy atom. The van der Waals surface area contributed by atoms with E-state index in [1.807, 2.05) is 0 Å². The fourth-order valence-corrected chi connectivity index (χ4v) is 4.05. The Hall–Kier alpha value is -1.82.